The smallest absolute Gasteiger partial charge is 0.219 e. The van der Waals surface area contributed by atoms with E-state index in [-0.39, 0.29) is 11.9 Å². The maximum atomic E-state index is 11.3. The lowest BCUT2D eigenvalue weighted by Gasteiger charge is -2.24. The van der Waals surface area contributed by atoms with Crippen LogP contribution in [0.25, 0.3) is 0 Å². The Morgan fingerprint density at radius 3 is 2.48 bits per heavy atom. The summed E-state index contributed by atoms with van der Waals surface area (Å²) in [5.41, 5.74) is 2.57. The van der Waals surface area contributed by atoms with Crippen molar-refractivity contribution in [3.63, 3.8) is 0 Å². The summed E-state index contributed by atoms with van der Waals surface area (Å²) in [7, 11) is 3.40. The van der Waals surface area contributed by atoms with E-state index in [2.05, 4.69) is 5.32 Å². The Hall–Kier alpha value is -2.01. The molecule has 0 saturated carbocycles. The largest absolute Gasteiger partial charge is 0.359 e. The molecule has 0 fully saturated rings. The van der Waals surface area contributed by atoms with Gasteiger partial charge in [0.2, 0.25) is 5.91 Å². The van der Waals surface area contributed by atoms with Crippen LogP contribution < -0.4 is 5.32 Å². The van der Waals surface area contributed by atoms with Crippen LogP contribution in [0.15, 0.2) is 18.2 Å². The molecule has 0 aliphatic carbocycles. The Kier molecular flexibility index (Phi) is 10.5. The summed E-state index contributed by atoms with van der Waals surface area (Å²) in [5.74, 6) is -0.0836. The van der Waals surface area contributed by atoms with Crippen LogP contribution in [-0.2, 0) is 16.1 Å². The summed E-state index contributed by atoms with van der Waals surface area (Å²) in [6.45, 7) is 6.44. The molecule has 1 N–H and O–H groups in total. The van der Waals surface area contributed by atoms with Crippen molar-refractivity contribution in [2.45, 2.75) is 46.2 Å². The number of amides is 1. The van der Waals surface area contributed by atoms with E-state index in [1.165, 1.54) is 0 Å². The van der Waals surface area contributed by atoms with Crippen molar-refractivity contribution in [2.24, 2.45) is 0 Å². The van der Waals surface area contributed by atoms with Crippen molar-refractivity contribution in [1.82, 2.24) is 10.2 Å². The molecule has 0 heterocycles. The van der Waals surface area contributed by atoms with Gasteiger partial charge in [-0.15, -0.1) is 0 Å². The van der Waals surface area contributed by atoms with Crippen molar-refractivity contribution in [3.05, 3.63) is 34.9 Å². The quantitative estimate of drug-likeness (QED) is 0.747. The molecule has 0 aromatic heterocycles. The number of likely N-dealkylation sites (N-methyl/N-ethyl adjacent to an activating group) is 1. The van der Waals surface area contributed by atoms with Crippen molar-refractivity contribution in [3.8, 4) is 0 Å². The second kappa shape index (κ2) is 11.5. The highest BCUT2D eigenvalue weighted by atomic mass is 16.1. The number of aldehydes is 2. The van der Waals surface area contributed by atoms with Crippen molar-refractivity contribution >= 4 is 18.5 Å². The van der Waals surface area contributed by atoms with Gasteiger partial charge in [-0.2, -0.15) is 0 Å². The van der Waals surface area contributed by atoms with Crippen LogP contribution in [-0.4, -0.2) is 43.5 Å². The summed E-state index contributed by atoms with van der Waals surface area (Å²) >= 11 is 0. The number of nitrogens with one attached hydrogen (secondary N) is 1. The fourth-order valence-corrected chi connectivity index (χ4v) is 2.21. The minimum atomic E-state index is -0.346. The maximum absolute atomic E-state index is 11.3. The zero-order valence-corrected chi connectivity index (χ0v) is 14.8. The van der Waals surface area contributed by atoms with Gasteiger partial charge in [-0.3, -0.25) is 14.5 Å². The van der Waals surface area contributed by atoms with E-state index < -0.39 is 0 Å². The number of carbonyl (C=O) groups is 3. The average Bonchev–Trinajstić information content (AvgIpc) is 2.58. The second-order valence-electron chi connectivity index (χ2n) is 5.09. The molecule has 0 bridgehead atoms. The van der Waals surface area contributed by atoms with Gasteiger partial charge in [0, 0.05) is 25.6 Å². The number of hydrogen-bond donors (Lipinski definition) is 1. The molecule has 0 radical (unpaired) electrons. The van der Waals surface area contributed by atoms with E-state index in [1.54, 1.807) is 13.1 Å². The highest BCUT2D eigenvalue weighted by molar-refractivity contribution is 5.78. The number of benzene rings is 1. The third-order valence-corrected chi connectivity index (χ3v) is 3.65. The zero-order valence-electron chi connectivity index (χ0n) is 14.8. The molecule has 1 aromatic carbocycles. The van der Waals surface area contributed by atoms with E-state index in [4.69, 9.17) is 0 Å². The molecule has 5 heteroatoms. The van der Waals surface area contributed by atoms with E-state index in [9.17, 15) is 14.4 Å². The Labute approximate surface area is 139 Å². The molecular formula is C18H28N2O3. The standard InChI is InChI=1S/C16H22N2O3.C2H6/c1-12-5-4-6-13(10-19)15(12)9-18(3)14(11-20)7-8-16(21)17-2;1-2/h4-6,10-11,14H,7-9H2,1-3H3,(H,17,21);1-2H3. The minimum Gasteiger partial charge on any atom is -0.359 e. The van der Waals surface area contributed by atoms with Crippen molar-refractivity contribution in [2.75, 3.05) is 14.1 Å². The lowest BCUT2D eigenvalue weighted by Crippen LogP contribution is -2.34. The maximum Gasteiger partial charge on any atom is 0.219 e. The summed E-state index contributed by atoms with van der Waals surface area (Å²) in [6, 6.07) is 5.20. The Bertz CT molecular complexity index is 515. The normalized spacial score (nSPS) is 11.2. The van der Waals surface area contributed by atoms with Gasteiger partial charge in [-0.25, -0.2) is 0 Å². The molecule has 1 unspecified atom stereocenters. The van der Waals surface area contributed by atoms with E-state index in [1.807, 2.05) is 44.9 Å². The van der Waals surface area contributed by atoms with Crippen molar-refractivity contribution in [1.29, 1.82) is 0 Å². The van der Waals surface area contributed by atoms with Crippen molar-refractivity contribution < 1.29 is 14.4 Å². The topological polar surface area (TPSA) is 66.5 Å². The van der Waals surface area contributed by atoms with Crippen LogP contribution in [0.4, 0.5) is 0 Å². The van der Waals surface area contributed by atoms with Gasteiger partial charge in [-0.05, 0) is 31.5 Å². The number of aryl methyl sites for hydroxylation is 1. The van der Waals surface area contributed by atoms with Gasteiger partial charge in [-0.1, -0.05) is 32.0 Å². The monoisotopic (exact) mass is 320 g/mol. The summed E-state index contributed by atoms with van der Waals surface area (Å²) < 4.78 is 0. The molecule has 5 nitrogen and oxygen atoms in total. The van der Waals surface area contributed by atoms with Crippen LogP contribution in [0, 0.1) is 6.92 Å². The van der Waals surface area contributed by atoms with Gasteiger partial charge in [0.1, 0.15) is 12.6 Å². The minimum absolute atomic E-state index is 0.0836. The lowest BCUT2D eigenvalue weighted by atomic mass is 10.0. The van der Waals surface area contributed by atoms with E-state index in [0.717, 1.165) is 23.7 Å². The van der Waals surface area contributed by atoms with E-state index in [0.29, 0.717) is 24.9 Å². The summed E-state index contributed by atoms with van der Waals surface area (Å²) in [6.07, 6.45) is 2.44. The predicted octanol–water partition coefficient (Wildman–Crippen LogP) is 2.36. The Morgan fingerprint density at radius 1 is 1.30 bits per heavy atom. The third kappa shape index (κ3) is 6.74. The molecule has 0 spiro atoms. The third-order valence-electron chi connectivity index (χ3n) is 3.65. The van der Waals surface area contributed by atoms with Crippen LogP contribution in [0.5, 0.6) is 0 Å². The van der Waals surface area contributed by atoms with Gasteiger partial charge >= 0.3 is 0 Å². The number of nitrogens with zero attached hydrogens (tertiary/aromatic N) is 1. The number of carbonyl (C=O) groups excluding carboxylic acids is 3. The number of rotatable bonds is 8. The zero-order chi connectivity index (χ0) is 17.8. The van der Waals surface area contributed by atoms with Crippen LogP contribution in [0.2, 0.25) is 0 Å². The molecule has 23 heavy (non-hydrogen) atoms. The van der Waals surface area contributed by atoms with E-state index >= 15 is 0 Å². The molecule has 0 aliphatic rings. The summed E-state index contributed by atoms with van der Waals surface area (Å²) in [4.78, 5) is 35.5. The molecular weight excluding hydrogens is 292 g/mol. The van der Waals surface area contributed by atoms with Crippen LogP contribution in [0.3, 0.4) is 0 Å². The highest BCUT2D eigenvalue weighted by Crippen LogP contribution is 2.16. The first kappa shape index (κ1) is 21.0. The van der Waals surface area contributed by atoms with Crippen LogP contribution >= 0.6 is 0 Å². The molecule has 0 saturated heterocycles. The van der Waals surface area contributed by atoms with Gasteiger partial charge in [0.15, 0.2) is 0 Å². The molecule has 0 aliphatic heterocycles. The lowest BCUT2D eigenvalue weighted by molar-refractivity contribution is -0.121. The predicted molar refractivity (Wildman–Crippen MR) is 92.5 cm³/mol. The molecule has 128 valence electrons. The SMILES string of the molecule is CC.CNC(=O)CCC(C=O)N(C)Cc1c(C)cccc1C=O. The first-order chi connectivity index (χ1) is 11.0. The fourth-order valence-electron chi connectivity index (χ4n) is 2.21. The molecule has 1 amide bonds. The fraction of sp³-hybridized carbons (Fsp3) is 0.500. The molecule has 1 atom stereocenters. The molecule has 1 aromatic rings. The second-order valence-corrected chi connectivity index (χ2v) is 5.09. The highest BCUT2D eigenvalue weighted by Gasteiger charge is 2.17. The summed E-state index contributed by atoms with van der Waals surface area (Å²) in [5, 5.41) is 2.54. The van der Waals surface area contributed by atoms with Crippen LogP contribution in [0.1, 0.15) is 48.2 Å². The Balaban J connectivity index is 0.00000232. The first-order valence-electron chi connectivity index (χ1n) is 7.93. The molecule has 1 rings (SSSR count). The van der Waals surface area contributed by atoms with Gasteiger partial charge in [0.25, 0.3) is 0 Å². The first-order valence-corrected chi connectivity index (χ1v) is 7.93. The average molecular weight is 320 g/mol. The van der Waals surface area contributed by atoms with Gasteiger partial charge < -0.3 is 10.1 Å². The number of hydrogen-bond acceptors (Lipinski definition) is 4. The van der Waals surface area contributed by atoms with Gasteiger partial charge in [0.05, 0.1) is 6.04 Å². The Morgan fingerprint density at radius 2 is 1.96 bits per heavy atom.